The van der Waals surface area contributed by atoms with Crippen LogP contribution in [0.25, 0.3) is 0 Å². The number of carboxylic acids is 2. The van der Waals surface area contributed by atoms with Crippen LogP contribution in [-0.4, -0.2) is 28.1 Å². The smallest absolute Gasteiger partial charge is 0.337 e. The summed E-state index contributed by atoms with van der Waals surface area (Å²) in [4.78, 5) is 33.3. The quantitative estimate of drug-likeness (QED) is 0.682. The van der Waals surface area contributed by atoms with Crippen molar-refractivity contribution in [1.82, 2.24) is 0 Å². The van der Waals surface area contributed by atoms with E-state index < -0.39 is 23.8 Å². The Labute approximate surface area is 123 Å². The van der Waals surface area contributed by atoms with Crippen molar-refractivity contribution in [3.63, 3.8) is 0 Å². The molecule has 0 spiro atoms. The molecule has 0 aromatic heterocycles. The predicted molar refractivity (Wildman–Crippen MR) is 76.2 cm³/mol. The first-order chi connectivity index (χ1) is 8.81. The minimum atomic E-state index is -1.15. The number of halogens is 1. The van der Waals surface area contributed by atoms with Gasteiger partial charge in [0.15, 0.2) is 0 Å². The summed E-state index contributed by atoms with van der Waals surface area (Å²) in [6, 6.07) is 4.57. The number of aliphatic carboxylic acids is 1. The first-order valence-corrected chi connectivity index (χ1v) is 6.44. The average Bonchev–Trinajstić information content (AvgIpc) is 2.30. The van der Waals surface area contributed by atoms with E-state index in [4.69, 9.17) is 10.2 Å². The molecule has 1 amide bonds. The number of hydrogen-bond acceptors (Lipinski definition) is 3. The molecule has 1 unspecified atom stereocenters. The summed E-state index contributed by atoms with van der Waals surface area (Å²) in [5.41, 5.74) is 0.138. The SMILES string of the molecule is CC(CC(=O)Nc1ccc(I)cc1C(=O)O)C(=O)O. The van der Waals surface area contributed by atoms with E-state index in [2.05, 4.69) is 5.32 Å². The van der Waals surface area contributed by atoms with Crippen LogP contribution in [0.15, 0.2) is 18.2 Å². The van der Waals surface area contributed by atoms with Gasteiger partial charge in [-0.05, 0) is 40.8 Å². The fraction of sp³-hybridized carbons (Fsp3) is 0.250. The first-order valence-electron chi connectivity index (χ1n) is 5.36. The van der Waals surface area contributed by atoms with Gasteiger partial charge >= 0.3 is 11.9 Å². The maximum absolute atomic E-state index is 11.6. The molecule has 0 aliphatic rings. The highest BCUT2D eigenvalue weighted by molar-refractivity contribution is 14.1. The van der Waals surface area contributed by atoms with Crippen LogP contribution >= 0.6 is 22.6 Å². The molecule has 0 bridgehead atoms. The molecular formula is C12H12INO5. The van der Waals surface area contributed by atoms with Crippen LogP contribution in [-0.2, 0) is 9.59 Å². The molecular weight excluding hydrogens is 365 g/mol. The number of carbonyl (C=O) groups excluding carboxylic acids is 1. The maximum atomic E-state index is 11.6. The Bertz CT molecular complexity index is 529. The molecule has 0 aliphatic heterocycles. The average molecular weight is 377 g/mol. The molecule has 6 nitrogen and oxygen atoms in total. The highest BCUT2D eigenvalue weighted by Gasteiger charge is 2.18. The molecule has 7 heteroatoms. The number of carbonyl (C=O) groups is 3. The van der Waals surface area contributed by atoms with Crippen molar-refractivity contribution < 1.29 is 24.6 Å². The van der Waals surface area contributed by atoms with Crippen LogP contribution < -0.4 is 5.32 Å². The summed E-state index contributed by atoms with van der Waals surface area (Å²) in [5, 5.41) is 20.1. The van der Waals surface area contributed by atoms with Gasteiger partial charge in [0.05, 0.1) is 17.2 Å². The Hall–Kier alpha value is -1.64. The van der Waals surface area contributed by atoms with Crippen LogP contribution in [0, 0.1) is 9.49 Å². The standard InChI is InChI=1S/C12H12INO5/c1-6(11(16)17)4-10(15)14-9-3-2-7(13)5-8(9)12(18)19/h2-3,5-6H,4H2,1H3,(H,14,15)(H,16,17)(H,18,19). The number of carboxylic acid groups (broad SMARTS) is 2. The van der Waals surface area contributed by atoms with E-state index in [0.29, 0.717) is 0 Å². The van der Waals surface area contributed by atoms with E-state index in [1.807, 2.05) is 22.6 Å². The molecule has 0 fully saturated rings. The lowest BCUT2D eigenvalue weighted by Gasteiger charge is -2.10. The second-order valence-corrected chi connectivity index (χ2v) is 5.23. The molecule has 3 N–H and O–H groups in total. The van der Waals surface area contributed by atoms with Gasteiger partial charge in [0, 0.05) is 9.99 Å². The van der Waals surface area contributed by atoms with Gasteiger partial charge in [0.25, 0.3) is 0 Å². The number of aromatic carboxylic acids is 1. The van der Waals surface area contributed by atoms with Gasteiger partial charge in [-0.2, -0.15) is 0 Å². The van der Waals surface area contributed by atoms with E-state index in [1.54, 1.807) is 6.07 Å². The van der Waals surface area contributed by atoms with Crippen molar-refractivity contribution in [2.75, 3.05) is 5.32 Å². The van der Waals surface area contributed by atoms with E-state index >= 15 is 0 Å². The van der Waals surface area contributed by atoms with Gasteiger partial charge in [-0.15, -0.1) is 0 Å². The van der Waals surface area contributed by atoms with Gasteiger partial charge in [-0.1, -0.05) is 6.92 Å². The number of rotatable bonds is 5. The third kappa shape index (κ3) is 4.51. The Kier molecular flexibility index (Phi) is 5.28. The van der Waals surface area contributed by atoms with Crippen molar-refractivity contribution >= 4 is 46.1 Å². The molecule has 1 rings (SSSR count). The minimum absolute atomic E-state index is 0.0248. The summed E-state index contributed by atoms with van der Waals surface area (Å²) in [5.74, 6) is -3.58. The lowest BCUT2D eigenvalue weighted by Crippen LogP contribution is -2.21. The zero-order chi connectivity index (χ0) is 14.6. The Morgan fingerprint density at radius 1 is 1.32 bits per heavy atom. The van der Waals surface area contributed by atoms with Crippen LogP contribution in [0.3, 0.4) is 0 Å². The molecule has 0 aliphatic carbocycles. The molecule has 0 heterocycles. The normalized spacial score (nSPS) is 11.7. The van der Waals surface area contributed by atoms with Crippen LogP contribution in [0.5, 0.6) is 0 Å². The van der Waals surface area contributed by atoms with E-state index in [1.165, 1.54) is 19.1 Å². The summed E-state index contributed by atoms with van der Waals surface area (Å²) in [7, 11) is 0. The largest absolute Gasteiger partial charge is 0.481 e. The van der Waals surface area contributed by atoms with Crippen molar-refractivity contribution in [2.24, 2.45) is 5.92 Å². The van der Waals surface area contributed by atoms with E-state index in [0.717, 1.165) is 3.57 Å². The van der Waals surface area contributed by atoms with Crippen molar-refractivity contribution in [2.45, 2.75) is 13.3 Å². The monoisotopic (exact) mass is 377 g/mol. The third-order valence-corrected chi connectivity index (χ3v) is 3.07. The summed E-state index contributed by atoms with van der Waals surface area (Å²) < 4.78 is 0.729. The zero-order valence-corrected chi connectivity index (χ0v) is 12.2. The Morgan fingerprint density at radius 2 is 1.95 bits per heavy atom. The van der Waals surface area contributed by atoms with Crippen LogP contribution in [0.2, 0.25) is 0 Å². The van der Waals surface area contributed by atoms with Gasteiger partial charge in [-0.3, -0.25) is 9.59 Å². The van der Waals surface area contributed by atoms with Gasteiger partial charge in [0.2, 0.25) is 5.91 Å². The third-order valence-electron chi connectivity index (χ3n) is 2.40. The van der Waals surface area contributed by atoms with Crippen LogP contribution in [0.1, 0.15) is 23.7 Å². The summed E-state index contributed by atoms with van der Waals surface area (Å²) in [6.45, 7) is 1.41. The number of benzene rings is 1. The number of amides is 1. The van der Waals surface area contributed by atoms with E-state index in [-0.39, 0.29) is 17.7 Å². The number of nitrogens with one attached hydrogen (secondary N) is 1. The fourth-order valence-corrected chi connectivity index (χ4v) is 1.86. The molecule has 1 aromatic carbocycles. The topological polar surface area (TPSA) is 104 Å². The highest BCUT2D eigenvalue weighted by Crippen LogP contribution is 2.19. The van der Waals surface area contributed by atoms with Crippen molar-refractivity contribution in [3.8, 4) is 0 Å². The molecule has 0 saturated carbocycles. The van der Waals surface area contributed by atoms with Gasteiger partial charge in [0.1, 0.15) is 0 Å². The molecule has 19 heavy (non-hydrogen) atoms. The maximum Gasteiger partial charge on any atom is 0.337 e. The molecule has 0 radical (unpaired) electrons. The second-order valence-electron chi connectivity index (χ2n) is 3.99. The van der Waals surface area contributed by atoms with Gasteiger partial charge in [-0.25, -0.2) is 4.79 Å². The molecule has 1 atom stereocenters. The minimum Gasteiger partial charge on any atom is -0.481 e. The van der Waals surface area contributed by atoms with Gasteiger partial charge < -0.3 is 15.5 Å². The van der Waals surface area contributed by atoms with Crippen molar-refractivity contribution in [1.29, 1.82) is 0 Å². The molecule has 1 aromatic rings. The second kappa shape index (κ2) is 6.50. The Balaban J connectivity index is 2.85. The molecule has 0 saturated heterocycles. The van der Waals surface area contributed by atoms with Crippen molar-refractivity contribution in [3.05, 3.63) is 27.3 Å². The number of hydrogen-bond donors (Lipinski definition) is 3. The lowest BCUT2D eigenvalue weighted by molar-refractivity contribution is -0.142. The Morgan fingerprint density at radius 3 is 2.47 bits per heavy atom. The lowest BCUT2D eigenvalue weighted by atomic mass is 10.1. The first kappa shape index (κ1) is 15.4. The summed E-state index contributed by atoms with van der Waals surface area (Å²) in [6.07, 6.45) is -0.208. The fourth-order valence-electron chi connectivity index (χ4n) is 1.37. The highest BCUT2D eigenvalue weighted by atomic mass is 127. The molecule has 102 valence electrons. The summed E-state index contributed by atoms with van der Waals surface area (Å²) >= 11 is 1.96. The predicted octanol–water partition coefficient (Wildman–Crippen LogP) is 2.04. The zero-order valence-electron chi connectivity index (χ0n) is 10.0. The van der Waals surface area contributed by atoms with E-state index in [9.17, 15) is 14.4 Å². The van der Waals surface area contributed by atoms with Crippen LogP contribution in [0.4, 0.5) is 5.69 Å². The number of anilines is 1.